The van der Waals surface area contributed by atoms with Crippen molar-refractivity contribution in [3.63, 3.8) is 0 Å². The first-order valence-corrected chi connectivity index (χ1v) is 5.71. The minimum atomic E-state index is -0.296. The van der Waals surface area contributed by atoms with E-state index in [0.29, 0.717) is 6.61 Å². The van der Waals surface area contributed by atoms with Crippen LogP contribution >= 0.6 is 15.9 Å². The van der Waals surface area contributed by atoms with Crippen LogP contribution in [0.4, 0.5) is 4.79 Å². The van der Waals surface area contributed by atoms with Gasteiger partial charge in [0.2, 0.25) is 0 Å². The van der Waals surface area contributed by atoms with Crippen LogP contribution in [0, 0.1) is 0 Å². The Morgan fingerprint density at radius 1 is 1.40 bits per heavy atom. The first-order chi connectivity index (χ1) is 7.24. The highest BCUT2D eigenvalue weighted by Crippen LogP contribution is 2.13. The predicted octanol–water partition coefficient (Wildman–Crippen LogP) is 2.49. The molecule has 1 aromatic rings. The molecule has 0 radical (unpaired) electrons. The highest BCUT2D eigenvalue weighted by molar-refractivity contribution is 9.10. The molecule has 1 saturated heterocycles. The molecule has 1 atom stereocenters. The average Bonchev–Trinajstić information content (AvgIpc) is 2.64. The van der Waals surface area contributed by atoms with Crippen LogP contribution in [0.25, 0.3) is 0 Å². The Kier molecular flexibility index (Phi) is 3.26. The lowest BCUT2D eigenvalue weighted by molar-refractivity contribution is 0.176. The van der Waals surface area contributed by atoms with Gasteiger partial charge in [-0.3, -0.25) is 0 Å². The van der Waals surface area contributed by atoms with Crippen LogP contribution in [0.2, 0.25) is 0 Å². The number of alkyl carbamates (subject to hydrolysis) is 1. The van der Waals surface area contributed by atoms with Gasteiger partial charge in [-0.1, -0.05) is 28.1 Å². The summed E-state index contributed by atoms with van der Waals surface area (Å²) in [5, 5.41) is 2.77. The summed E-state index contributed by atoms with van der Waals surface area (Å²) < 4.78 is 5.90. The Labute approximate surface area is 96.9 Å². The maximum atomic E-state index is 10.8. The molecule has 15 heavy (non-hydrogen) atoms. The van der Waals surface area contributed by atoms with E-state index in [1.165, 1.54) is 5.56 Å². The van der Waals surface area contributed by atoms with E-state index in [1.807, 2.05) is 12.1 Å². The molecule has 0 spiro atoms. The van der Waals surface area contributed by atoms with E-state index in [0.717, 1.165) is 17.3 Å². The van der Waals surface area contributed by atoms with E-state index in [9.17, 15) is 4.79 Å². The lowest BCUT2D eigenvalue weighted by atomic mass is 10.1. The molecule has 0 aromatic heterocycles. The van der Waals surface area contributed by atoms with Gasteiger partial charge in [0.15, 0.2) is 0 Å². The van der Waals surface area contributed by atoms with Gasteiger partial charge in [0, 0.05) is 4.47 Å². The number of carbonyl (C=O) groups excluding carboxylic acids is 1. The lowest BCUT2D eigenvalue weighted by Gasteiger charge is -2.06. The number of nitrogens with one attached hydrogen (secondary N) is 1. The first-order valence-electron chi connectivity index (χ1n) is 4.92. The maximum Gasteiger partial charge on any atom is 0.407 e. The topological polar surface area (TPSA) is 38.3 Å². The molecule has 1 amide bonds. The van der Waals surface area contributed by atoms with E-state index >= 15 is 0 Å². The van der Waals surface area contributed by atoms with Crippen LogP contribution in [0.3, 0.4) is 0 Å². The largest absolute Gasteiger partial charge is 0.447 e. The van der Waals surface area contributed by atoms with Crippen molar-refractivity contribution in [1.82, 2.24) is 5.32 Å². The van der Waals surface area contributed by atoms with Crippen molar-refractivity contribution in [2.24, 2.45) is 0 Å². The second-order valence-electron chi connectivity index (χ2n) is 3.60. The number of amides is 1. The molecular formula is C11H12BrNO2. The van der Waals surface area contributed by atoms with Gasteiger partial charge in [-0.2, -0.15) is 0 Å². The number of aryl methyl sites for hydroxylation is 1. The van der Waals surface area contributed by atoms with Gasteiger partial charge < -0.3 is 10.1 Å². The van der Waals surface area contributed by atoms with Gasteiger partial charge in [-0.05, 0) is 30.5 Å². The van der Waals surface area contributed by atoms with Crippen LogP contribution in [0.15, 0.2) is 28.7 Å². The molecule has 1 aliphatic heterocycles. The minimum Gasteiger partial charge on any atom is -0.447 e. The van der Waals surface area contributed by atoms with Gasteiger partial charge in [-0.25, -0.2) is 4.79 Å². The smallest absolute Gasteiger partial charge is 0.407 e. The first kappa shape index (κ1) is 10.5. The van der Waals surface area contributed by atoms with Crippen molar-refractivity contribution in [2.75, 3.05) is 6.61 Å². The van der Waals surface area contributed by atoms with Crippen molar-refractivity contribution in [1.29, 1.82) is 0 Å². The molecule has 80 valence electrons. The number of benzene rings is 1. The molecule has 0 bridgehead atoms. The highest BCUT2D eigenvalue weighted by Gasteiger charge is 2.21. The molecule has 1 fully saturated rings. The van der Waals surface area contributed by atoms with E-state index in [-0.39, 0.29) is 12.1 Å². The third kappa shape index (κ3) is 2.96. The zero-order valence-corrected chi connectivity index (χ0v) is 9.79. The van der Waals surface area contributed by atoms with E-state index < -0.39 is 0 Å². The summed E-state index contributed by atoms with van der Waals surface area (Å²) >= 11 is 3.39. The van der Waals surface area contributed by atoms with Crippen LogP contribution in [-0.4, -0.2) is 18.7 Å². The third-order valence-electron chi connectivity index (χ3n) is 2.43. The summed E-state index contributed by atoms with van der Waals surface area (Å²) in [4.78, 5) is 10.8. The average molecular weight is 270 g/mol. The van der Waals surface area contributed by atoms with Crippen molar-refractivity contribution in [3.8, 4) is 0 Å². The molecule has 3 nitrogen and oxygen atoms in total. The maximum absolute atomic E-state index is 10.8. The molecule has 1 N–H and O–H groups in total. The zero-order chi connectivity index (χ0) is 10.7. The second kappa shape index (κ2) is 4.66. The van der Waals surface area contributed by atoms with E-state index in [2.05, 4.69) is 33.4 Å². The number of hydrogen-bond donors (Lipinski definition) is 1. The van der Waals surface area contributed by atoms with Gasteiger partial charge in [0.1, 0.15) is 6.61 Å². The summed E-state index contributed by atoms with van der Waals surface area (Å²) in [5.74, 6) is 0. The second-order valence-corrected chi connectivity index (χ2v) is 4.52. The third-order valence-corrected chi connectivity index (χ3v) is 2.96. The van der Waals surface area contributed by atoms with Gasteiger partial charge >= 0.3 is 6.09 Å². The van der Waals surface area contributed by atoms with Gasteiger partial charge in [0.05, 0.1) is 6.04 Å². The number of cyclic esters (lactones) is 1. The quantitative estimate of drug-likeness (QED) is 0.916. The Morgan fingerprint density at radius 3 is 2.73 bits per heavy atom. The molecule has 2 rings (SSSR count). The van der Waals surface area contributed by atoms with Crippen LogP contribution in [-0.2, 0) is 11.2 Å². The summed E-state index contributed by atoms with van der Waals surface area (Å²) in [6.45, 7) is 0.495. The number of carbonyl (C=O) groups is 1. The van der Waals surface area contributed by atoms with Gasteiger partial charge in [-0.15, -0.1) is 0 Å². The predicted molar refractivity (Wildman–Crippen MR) is 60.7 cm³/mol. The van der Waals surface area contributed by atoms with Crippen LogP contribution < -0.4 is 5.32 Å². The van der Waals surface area contributed by atoms with Crippen molar-refractivity contribution < 1.29 is 9.53 Å². The Morgan fingerprint density at radius 2 is 2.13 bits per heavy atom. The fourth-order valence-corrected chi connectivity index (χ4v) is 1.84. The molecule has 1 unspecified atom stereocenters. The summed E-state index contributed by atoms with van der Waals surface area (Å²) in [6, 6.07) is 8.39. The summed E-state index contributed by atoms with van der Waals surface area (Å²) in [7, 11) is 0. The fourth-order valence-electron chi connectivity index (χ4n) is 1.57. The molecule has 0 aliphatic carbocycles. The molecule has 1 heterocycles. The van der Waals surface area contributed by atoms with Crippen LogP contribution in [0.1, 0.15) is 12.0 Å². The van der Waals surface area contributed by atoms with Crippen molar-refractivity contribution in [2.45, 2.75) is 18.9 Å². The molecule has 0 saturated carbocycles. The fraction of sp³-hybridized carbons (Fsp3) is 0.364. The Hall–Kier alpha value is -1.03. The zero-order valence-electron chi connectivity index (χ0n) is 8.20. The Bertz CT molecular complexity index is 350. The molecular weight excluding hydrogens is 258 g/mol. The lowest BCUT2D eigenvalue weighted by Crippen LogP contribution is -2.26. The van der Waals surface area contributed by atoms with Crippen molar-refractivity contribution >= 4 is 22.0 Å². The number of halogens is 1. The standard InChI is InChI=1S/C11H12BrNO2/c12-9-4-1-8(2-5-9)3-6-10-7-15-11(14)13-10/h1-2,4-5,10H,3,6-7H2,(H,13,14). The molecule has 1 aromatic carbocycles. The Balaban J connectivity index is 1.83. The highest BCUT2D eigenvalue weighted by atomic mass is 79.9. The van der Waals surface area contributed by atoms with E-state index in [1.54, 1.807) is 0 Å². The van der Waals surface area contributed by atoms with Crippen LogP contribution in [0.5, 0.6) is 0 Å². The molecule has 1 aliphatic rings. The van der Waals surface area contributed by atoms with Gasteiger partial charge in [0.25, 0.3) is 0 Å². The summed E-state index contributed by atoms with van der Waals surface area (Å²) in [5.41, 5.74) is 1.28. The minimum absolute atomic E-state index is 0.168. The summed E-state index contributed by atoms with van der Waals surface area (Å²) in [6.07, 6.45) is 1.59. The monoisotopic (exact) mass is 269 g/mol. The normalized spacial score (nSPS) is 19.8. The van der Waals surface area contributed by atoms with Crippen molar-refractivity contribution in [3.05, 3.63) is 34.3 Å². The van der Waals surface area contributed by atoms with E-state index in [4.69, 9.17) is 4.74 Å². The molecule has 4 heteroatoms. The number of hydrogen-bond acceptors (Lipinski definition) is 2. The SMILES string of the molecule is O=C1NC(CCc2ccc(Br)cc2)CO1. The number of rotatable bonds is 3. The number of ether oxygens (including phenoxy) is 1.